The minimum atomic E-state index is -1.02. The lowest BCUT2D eigenvalue weighted by Gasteiger charge is -2.20. The molecule has 0 bridgehead atoms. The number of ether oxygens (including phenoxy) is 1. The average Bonchev–Trinajstić information content (AvgIpc) is 3.54. The molecular formula is C26H30N2O5. The van der Waals surface area contributed by atoms with E-state index in [1.54, 1.807) is 0 Å². The molecule has 2 aromatic carbocycles. The lowest BCUT2D eigenvalue weighted by Crippen LogP contribution is -2.46. The summed E-state index contributed by atoms with van der Waals surface area (Å²) < 4.78 is 5.53. The van der Waals surface area contributed by atoms with E-state index in [1.807, 2.05) is 38.1 Å². The maximum atomic E-state index is 12.4. The Morgan fingerprint density at radius 1 is 1.06 bits per heavy atom. The minimum Gasteiger partial charge on any atom is -0.480 e. The first-order chi connectivity index (χ1) is 15.9. The van der Waals surface area contributed by atoms with Crippen LogP contribution in [-0.2, 0) is 14.3 Å². The summed E-state index contributed by atoms with van der Waals surface area (Å²) in [5.41, 5.74) is 4.65. The quantitative estimate of drug-likeness (QED) is 0.539. The Morgan fingerprint density at radius 3 is 2.24 bits per heavy atom. The van der Waals surface area contributed by atoms with Crippen LogP contribution in [0.15, 0.2) is 48.5 Å². The fourth-order valence-electron chi connectivity index (χ4n) is 4.60. The molecule has 174 valence electrons. The monoisotopic (exact) mass is 450 g/mol. The highest BCUT2D eigenvalue weighted by Gasteiger charge is 2.44. The van der Waals surface area contributed by atoms with Crippen LogP contribution in [0, 0.1) is 17.8 Å². The van der Waals surface area contributed by atoms with Crippen LogP contribution in [-0.4, -0.2) is 42.3 Å². The van der Waals surface area contributed by atoms with Crippen molar-refractivity contribution in [3.05, 3.63) is 59.7 Å². The Morgan fingerprint density at radius 2 is 1.67 bits per heavy atom. The molecule has 0 saturated heterocycles. The predicted octanol–water partition coefficient (Wildman–Crippen LogP) is 3.78. The molecule has 0 aromatic heterocycles. The number of carboxylic acid groups (broad SMARTS) is 1. The second-order valence-corrected chi connectivity index (χ2v) is 9.02. The first-order valence-corrected chi connectivity index (χ1v) is 11.5. The molecule has 7 heteroatoms. The molecule has 4 unspecified atom stereocenters. The van der Waals surface area contributed by atoms with E-state index in [9.17, 15) is 19.5 Å². The molecule has 4 rings (SSSR count). The van der Waals surface area contributed by atoms with E-state index in [4.69, 9.17) is 4.74 Å². The van der Waals surface area contributed by atoms with Gasteiger partial charge in [0.25, 0.3) is 0 Å². The van der Waals surface area contributed by atoms with Gasteiger partial charge < -0.3 is 20.5 Å². The number of carboxylic acids is 1. The van der Waals surface area contributed by atoms with E-state index >= 15 is 0 Å². The Labute approximate surface area is 193 Å². The second-order valence-electron chi connectivity index (χ2n) is 9.02. The first kappa shape index (κ1) is 22.8. The Kier molecular flexibility index (Phi) is 6.67. The van der Waals surface area contributed by atoms with Crippen LogP contribution in [0.5, 0.6) is 0 Å². The molecule has 33 heavy (non-hydrogen) atoms. The molecule has 7 nitrogen and oxygen atoms in total. The van der Waals surface area contributed by atoms with Crippen LogP contribution in [0.1, 0.15) is 43.7 Å². The van der Waals surface area contributed by atoms with Gasteiger partial charge in [0.2, 0.25) is 5.91 Å². The van der Waals surface area contributed by atoms with Gasteiger partial charge >= 0.3 is 12.1 Å². The van der Waals surface area contributed by atoms with Gasteiger partial charge in [0.15, 0.2) is 0 Å². The molecular weight excluding hydrogens is 420 g/mol. The van der Waals surface area contributed by atoms with Gasteiger partial charge in [-0.2, -0.15) is 0 Å². The van der Waals surface area contributed by atoms with Crippen LogP contribution < -0.4 is 10.6 Å². The van der Waals surface area contributed by atoms with Crippen LogP contribution in [0.2, 0.25) is 0 Å². The molecule has 2 aromatic rings. The molecule has 2 aliphatic rings. The van der Waals surface area contributed by atoms with E-state index in [0.717, 1.165) is 11.1 Å². The highest BCUT2D eigenvalue weighted by Crippen LogP contribution is 2.44. The number of rotatable bonds is 9. The molecule has 2 aliphatic carbocycles. The highest BCUT2D eigenvalue weighted by atomic mass is 16.5. The van der Waals surface area contributed by atoms with Crippen molar-refractivity contribution in [1.82, 2.24) is 10.6 Å². The number of nitrogens with one attached hydrogen (secondary N) is 2. The van der Waals surface area contributed by atoms with E-state index < -0.39 is 18.1 Å². The van der Waals surface area contributed by atoms with E-state index in [1.165, 1.54) is 11.1 Å². The molecule has 0 radical (unpaired) electrons. The van der Waals surface area contributed by atoms with Crippen molar-refractivity contribution in [2.45, 2.75) is 38.6 Å². The molecule has 0 heterocycles. The highest BCUT2D eigenvalue weighted by molar-refractivity contribution is 5.87. The van der Waals surface area contributed by atoms with Crippen molar-refractivity contribution in [3.63, 3.8) is 0 Å². The largest absolute Gasteiger partial charge is 0.480 e. The number of amides is 2. The lowest BCUT2D eigenvalue weighted by atomic mass is 9.98. The number of fused-ring (bicyclic) bond motifs is 3. The maximum absolute atomic E-state index is 12.4. The lowest BCUT2D eigenvalue weighted by molar-refractivity contribution is -0.143. The summed E-state index contributed by atoms with van der Waals surface area (Å²) in [6.45, 7) is 4.27. The fraction of sp³-hybridized carbons (Fsp3) is 0.423. The number of aliphatic carboxylic acids is 1. The summed E-state index contributed by atoms with van der Waals surface area (Å²) in [6, 6.07) is 15.4. The fourth-order valence-corrected chi connectivity index (χ4v) is 4.60. The third-order valence-electron chi connectivity index (χ3n) is 6.89. The zero-order valence-electron chi connectivity index (χ0n) is 18.9. The minimum absolute atomic E-state index is 0.00291. The summed E-state index contributed by atoms with van der Waals surface area (Å²) in [4.78, 5) is 36.1. The number of hydrogen-bond donors (Lipinski definition) is 3. The summed E-state index contributed by atoms with van der Waals surface area (Å²) in [5, 5.41) is 14.8. The van der Waals surface area contributed by atoms with Crippen molar-refractivity contribution < 1.29 is 24.2 Å². The number of hydrogen-bond acceptors (Lipinski definition) is 4. The number of carbonyl (C=O) groups is 3. The zero-order chi connectivity index (χ0) is 23.5. The van der Waals surface area contributed by atoms with Gasteiger partial charge in [-0.05, 0) is 40.5 Å². The van der Waals surface area contributed by atoms with Gasteiger partial charge in [-0.25, -0.2) is 9.59 Å². The Balaban J connectivity index is 1.25. The molecule has 3 N–H and O–H groups in total. The summed E-state index contributed by atoms with van der Waals surface area (Å²) >= 11 is 0. The van der Waals surface area contributed by atoms with Crippen molar-refractivity contribution in [2.24, 2.45) is 17.8 Å². The van der Waals surface area contributed by atoms with Gasteiger partial charge in [-0.1, -0.05) is 68.8 Å². The third kappa shape index (κ3) is 4.87. The molecule has 1 fully saturated rings. The molecule has 0 aliphatic heterocycles. The molecule has 1 saturated carbocycles. The molecule has 2 amide bonds. The van der Waals surface area contributed by atoms with E-state index in [-0.39, 0.29) is 36.2 Å². The van der Waals surface area contributed by atoms with Gasteiger partial charge in [0.1, 0.15) is 12.6 Å². The topological polar surface area (TPSA) is 105 Å². The van der Waals surface area contributed by atoms with Gasteiger partial charge in [0.05, 0.1) is 0 Å². The van der Waals surface area contributed by atoms with Gasteiger partial charge in [-0.15, -0.1) is 0 Å². The summed E-state index contributed by atoms with van der Waals surface area (Å²) in [6.07, 6.45) is 0.780. The van der Waals surface area contributed by atoms with Gasteiger partial charge in [-0.3, -0.25) is 4.79 Å². The molecule has 4 atom stereocenters. The van der Waals surface area contributed by atoms with Gasteiger partial charge in [0, 0.05) is 18.4 Å². The van der Waals surface area contributed by atoms with Crippen molar-refractivity contribution >= 4 is 18.0 Å². The number of carbonyl (C=O) groups excluding carboxylic acids is 2. The van der Waals surface area contributed by atoms with Crippen LogP contribution in [0.25, 0.3) is 11.1 Å². The first-order valence-electron chi connectivity index (χ1n) is 11.5. The van der Waals surface area contributed by atoms with Crippen LogP contribution in [0.4, 0.5) is 4.79 Å². The summed E-state index contributed by atoms with van der Waals surface area (Å²) in [7, 11) is 0. The van der Waals surface area contributed by atoms with Crippen molar-refractivity contribution in [2.75, 3.05) is 13.2 Å². The Bertz CT molecular complexity index is 1010. The smallest absolute Gasteiger partial charge is 0.407 e. The van der Waals surface area contributed by atoms with Crippen LogP contribution >= 0.6 is 0 Å². The normalized spacial score (nSPS) is 20.2. The van der Waals surface area contributed by atoms with Crippen LogP contribution in [0.3, 0.4) is 0 Å². The van der Waals surface area contributed by atoms with Crippen molar-refractivity contribution in [3.8, 4) is 11.1 Å². The maximum Gasteiger partial charge on any atom is 0.407 e. The number of alkyl carbamates (subject to hydrolysis) is 1. The average molecular weight is 451 g/mol. The second kappa shape index (κ2) is 9.65. The van der Waals surface area contributed by atoms with E-state index in [0.29, 0.717) is 19.4 Å². The standard InChI is InChI=1S/C26H30N2O5/c1-3-15(2)23(25(30)31)28-24(29)21-12-16(21)13-27-26(32)33-14-22-19-10-6-4-8-17(19)18-9-5-7-11-20(18)22/h4-11,15-16,21-23H,3,12-14H2,1-2H3,(H,27,32)(H,28,29)(H,30,31). The summed E-state index contributed by atoms with van der Waals surface area (Å²) in [5.74, 6) is -1.71. The zero-order valence-corrected chi connectivity index (χ0v) is 18.9. The number of benzene rings is 2. The predicted molar refractivity (Wildman–Crippen MR) is 124 cm³/mol. The Hall–Kier alpha value is -3.35. The van der Waals surface area contributed by atoms with E-state index in [2.05, 4.69) is 34.9 Å². The third-order valence-corrected chi connectivity index (χ3v) is 6.89. The molecule has 0 spiro atoms. The van der Waals surface area contributed by atoms with Crippen molar-refractivity contribution in [1.29, 1.82) is 0 Å². The SMILES string of the molecule is CCC(C)C(NC(=O)C1CC1CNC(=O)OCC1c2ccccc2-c2ccccc21)C(=O)O.